The van der Waals surface area contributed by atoms with Crippen molar-refractivity contribution in [1.29, 1.82) is 0 Å². The van der Waals surface area contributed by atoms with Crippen LogP contribution in [0.2, 0.25) is 0 Å². The summed E-state index contributed by atoms with van der Waals surface area (Å²) in [6.45, 7) is 1.78. The molecule has 2 N–H and O–H groups in total. The number of nitrogens with one attached hydrogen (secondary N) is 2. The third-order valence-corrected chi connectivity index (χ3v) is 3.47. The Morgan fingerprint density at radius 3 is 2.29 bits per heavy atom. The van der Waals surface area contributed by atoms with Gasteiger partial charge in [0.1, 0.15) is 0 Å². The predicted octanol–water partition coefficient (Wildman–Crippen LogP) is 3.14. The Morgan fingerprint density at radius 2 is 1.67 bits per heavy atom. The first kappa shape index (κ1) is 15.8. The third kappa shape index (κ3) is 4.46. The van der Waals surface area contributed by atoms with Gasteiger partial charge in [0.2, 0.25) is 0 Å². The quantitative estimate of drug-likeness (QED) is 0.784. The van der Waals surface area contributed by atoms with Gasteiger partial charge in [0, 0.05) is 6.54 Å². The Morgan fingerprint density at radius 1 is 1.00 bits per heavy atom. The van der Waals surface area contributed by atoms with Crippen LogP contribution in [0, 0.1) is 0 Å². The van der Waals surface area contributed by atoms with Gasteiger partial charge in [-0.3, -0.25) is 4.99 Å². The van der Waals surface area contributed by atoms with E-state index in [2.05, 4.69) is 76.3 Å². The molecule has 2 aromatic rings. The molecule has 1 unspecified atom stereocenters. The molecule has 0 aromatic heterocycles. The lowest BCUT2D eigenvalue weighted by molar-refractivity contribution is 0.634. The number of guanidine groups is 1. The molecule has 110 valence electrons. The molecule has 0 fully saturated rings. The van der Waals surface area contributed by atoms with Crippen LogP contribution in [0.25, 0.3) is 0 Å². The van der Waals surface area contributed by atoms with E-state index in [4.69, 9.17) is 0 Å². The highest BCUT2D eigenvalue weighted by atomic mass is 127. The average Bonchev–Trinajstić information content (AvgIpc) is 3.02. The zero-order chi connectivity index (χ0) is 13.6. The van der Waals surface area contributed by atoms with Crippen LogP contribution in [0.4, 0.5) is 0 Å². The zero-order valence-electron chi connectivity index (χ0n) is 11.8. The van der Waals surface area contributed by atoms with Gasteiger partial charge in [-0.1, -0.05) is 60.7 Å². The van der Waals surface area contributed by atoms with E-state index in [9.17, 15) is 0 Å². The van der Waals surface area contributed by atoms with E-state index in [0.717, 1.165) is 25.5 Å². The number of hydrogen-bond acceptors (Lipinski definition) is 3. The van der Waals surface area contributed by atoms with Crippen molar-refractivity contribution in [2.24, 2.45) is 4.99 Å². The van der Waals surface area contributed by atoms with Crippen LogP contribution in [0.15, 0.2) is 65.7 Å². The number of rotatable bonds is 4. The van der Waals surface area contributed by atoms with Crippen molar-refractivity contribution in [2.45, 2.75) is 12.5 Å². The fourth-order valence-corrected chi connectivity index (χ4v) is 2.45. The van der Waals surface area contributed by atoms with Crippen molar-refractivity contribution in [1.82, 2.24) is 10.6 Å². The Balaban J connectivity index is 0.00000161. The van der Waals surface area contributed by atoms with Gasteiger partial charge in [0.15, 0.2) is 5.96 Å². The van der Waals surface area contributed by atoms with Crippen molar-refractivity contribution in [3.8, 4) is 0 Å². The van der Waals surface area contributed by atoms with Crippen molar-refractivity contribution >= 4 is 29.9 Å². The van der Waals surface area contributed by atoms with Crippen LogP contribution in [0.5, 0.6) is 0 Å². The summed E-state index contributed by atoms with van der Waals surface area (Å²) >= 11 is 0. The lowest BCUT2D eigenvalue weighted by Crippen LogP contribution is -2.37. The van der Waals surface area contributed by atoms with E-state index in [1.165, 1.54) is 11.1 Å². The van der Waals surface area contributed by atoms with Crippen molar-refractivity contribution in [2.75, 3.05) is 13.1 Å². The molecule has 0 spiro atoms. The fraction of sp³-hybridized carbons (Fsp3) is 0.235. The molecule has 0 saturated carbocycles. The molecule has 1 atom stereocenters. The van der Waals surface area contributed by atoms with Gasteiger partial charge in [-0.2, -0.15) is 0 Å². The SMILES string of the molecule is I.c1ccc(CC(NC2=NCCN2)c2ccccc2)cc1. The van der Waals surface area contributed by atoms with E-state index in [1.54, 1.807) is 0 Å². The summed E-state index contributed by atoms with van der Waals surface area (Å²) in [4.78, 5) is 4.44. The molecule has 21 heavy (non-hydrogen) atoms. The Kier molecular flexibility index (Phi) is 6.04. The number of hydrogen-bond donors (Lipinski definition) is 2. The van der Waals surface area contributed by atoms with Gasteiger partial charge in [-0.25, -0.2) is 0 Å². The Hall–Kier alpha value is -1.56. The molecule has 1 heterocycles. The van der Waals surface area contributed by atoms with Crippen LogP contribution in [0.3, 0.4) is 0 Å². The number of nitrogens with zero attached hydrogens (tertiary/aromatic N) is 1. The highest BCUT2D eigenvalue weighted by Crippen LogP contribution is 2.18. The minimum absolute atomic E-state index is 0. The van der Waals surface area contributed by atoms with Crippen LogP contribution in [-0.4, -0.2) is 19.0 Å². The molecule has 2 aromatic carbocycles. The maximum Gasteiger partial charge on any atom is 0.191 e. The maximum atomic E-state index is 4.44. The van der Waals surface area contributed by atoms with E-state index < -0.39 is 0 Å². The van der Waals surface area contributed by atoms with E-state index in [1.807, 2.05) is 0 Å². The summed E-state index contributed by atoms with van der Waals surface area (Å²) in [5, 5.41) is 6.80. The number of aliphatic imine (C=N–C) groups is 1. The molecule has 3 nitrogen and oxygen atoms in total. The molecule has 4 heteroatoms. The molecular formula is C17H20IN3. The van der Waals surface area contributed by atoms with E-state index in [0.29, 0.717) is 0 Å². The minimum Gasteiger partial charge on any atom is -0.355 e. The molecule has 0 radical (unpaired) electrons. The summed E-state index contributed by atoms with van der Waals surface area (Å²) in [6.07, 6.45) is 0.950. The smallest absolute Gasteiger partial charge is 0.191 e. The minimum atomic E-state index is 0. The molecule has 3 rings (SSSR count). The molecule has 1 aliphatic heterocycles. The van der Waals surface area contributed by atoms with Gasteiger partial charge in [0.05, 0.1) is 12.6 Å². The van der Waals surface area contributed by atoms with Gasteiger partial charge in [-0.05, 0) is 17.5 Å². The third-order valence-electron chi connectivity index (χ3n) is 3.47. The van der Waals surface area contributed by atoms with Crippen molar-refractivity contribution in [3.05, 3.63) is 71.8 Å². The van der Waals surface area contributed by atoms with Gasteiger partial charge in [-0.15, -0.1) is 24.0 Å². The molecule has 0 saturated heterocycles. The predicted molar refractivity (Wildman–Crippen MR) is 98.2 cm³/mol. The monoisotopic (exact) mass is 393 g/mol. The number of benzene rings is 2. The van der Waals surface area contributed by atoms with Crippen LogP contribution in [-0.2, 0) is 6.42 Å². The molecule has 1 aliphatic rings. The van der Waals surface area contributed by atoms with Crippen molar-refractivity contribution in [3.63, 3.8) is 0 Å². The topological polar surface area (TPSA) is 36.4 Å². The standard InChI is InChI=1S/C17H19N3.HI/c1-3-7-14(8-4-1)13-16(15-9-5-2-6-10-15)20-17-18-11-12-19-17;/h1-10,16H,11-13H2,(H2,18,19,20);1H. The number of halogens is 1. The van der Waals surface area contributed by atoms with Crippen molar-refractivity contribution < 1.29 is 0 Å². The summed E-state index contributed by atoms with van der Waals surface area (Å²) in [5.74, 6) is 0.912. The fourth-order valence-electron chi connectivity index (χ4n) is 2.45. The highest BCUT2D eigenvalue weighted by molar-refractivity contribution is 14.0. The Labute approximate surface area is 142 Å². The normalized spacial score (nSPS) is 14.6. The zero-order valence-corrected chi connectivity index (χ0v) is 14.2. The van der Waals surface area contributed by atoms with E-state index >= 15 is 0 Å². The second-order valence-electron chi connectivity index (χ2n) is 4.95. The summed E-state index contributed by atoms with van der Waals surface area (Å²) in [6, 6.07) is 21.3. The molecular weight excluding hydrogens is 373 g/mol. The Bertz CT molecular complexity index is 569. The van der Waals surface area contributed by atoms with Crippen LogP contribution < -0.4 is 10.6 Å². The lowest BCUT2D eigenvalue weighted by Gasteiger charge is -2.20. The van der Waals surface area contributed by atoms with E-state index in [-0.39, 0.29) is 30.0 Å². The molecule has 0 bridgehead atoms. The first-order valence-corrected chi connectivity index (χ1v) is 7.05. The lowest BCUT2D eigenvalue weighted by atomic mass is 9.99. The summed E-state index contributed by atoms with van der Waals surface area (Å²) in [5.41, 5.74) is 2.61. The highest BCUT2D eigenvalue weighted by Gasteiger charge is 2.15. The maximum absolute atomic E-state index is 4.44. The second-order valence-corrected chi connectivity index (χ2v) is 4.95. The molecule has 0 aliphatic carbocycles. The average molecular weight is 393 g/mol. The van der Waals surface area contributed by atoms with Crippen LogP contribution in [0.1, 0.15) is 17.2 Å². The van der Waals surface area contributed by atoms with Gasteiger partial charge in [0.25, 0.3) is 0 Å². The first-order chi connectivity index (χ1) is 9.92. The largest absolute Gasteiger partial charge is 0.355 e. The van der Waals surface area contributed by atoms with Gasteiger partial charge < -0.3 is 10.6 Å². The molecule has 0 amide bonds. The first-order valence-electron chi connectivity index (χ1n) is 7.05. The van der Waals surface area contributed by atoms with Crippen LogP contribution >= 0.6 is 24.0 Å². The van der Waals surface area contributed by atoms with Gasteiger partial charge >= 0.3 is 0 Å². The summed E-state index contributed by atoms with van der Waals surface area (Å²) < 4.78 is 0. The summed E-state index contributed by atoms with van der Waals surface area (Å²) in [7, 11) is 0. The second kappa shape index (κ2) is 8.02.